The molecule has 116 valence electrons. The van der Waals surface area contributed by atoms with Crippen molar-refractivity contribution in [3.63, 3.8) is 0 Å². The molecule has 0 bridgehead atoms. The molecule has 3 N–H and O–H groups in total. The van der Waals surface area contributed by atoms with Crippen molar-refractivity contribution in [3.8, 4) is 0 Å². The van der Waals surface area contributed by atoms with Crippen LogP contribution in [0.5, 0.6) is 0 Å². The molecule has 0 heterocycles. The summed E-state index contributed by atoms with van der Waals surface area (Å²) in [7, 11) is 0. The molecule has 1 rings (SSSR count). The number of carboxylic acid groups (broad SMARTS) is 1. The van der Waals surface area contributed by atoms with Crippen LogP contribution in [0.15, 0.2) is 24.3 Å². The van der Waals surface area contributed by atoms with Crippen molar-refractivity contribution in [1.82, 2.24) is 5.32 Å². The SMILES string of the molecule is CC(C)(C)OC(=O)NC(c1ccc(F)cc1)C(O)C(=O)O. The van der Waals surface area contributed by atoms with E-state index in [4.69, 9.17) is 9.84 Å². The van der Waals surface area contributed by atoms with Gasteiger partial charge in [-0.05, 0) is 38.5 Å². The van der Waals surface area contributed by atoms with Crippen molar-refractivity contribution in [2.75, 3.05) is 0 Å². The van der Waals surface area contributed by atoms with Crippen LogP contribution >= 0.6 is 0 Å². The average molecular weight is 299 g/mol. The van der Waals surface area contributed by atoms with Crippen molar-refractivity contribution >= 4 is 12.1 Å². The second-order valence-corrected chi connectivity index (χ2v) is 5.46. The van der Waals surface area contributed by atoms with Gasteiger partial charge in [0.15, 0.2) is 6.10 Å². The molecule has 0 aromatic heterocycles. The van der Waals surface area contributed by atoms with Gasteiger partial charge in [0, 0.05) is 0 Å². The van der Waals surface area contributed by atoms with Gasteiger partial charge in [-0.2, -0.15) is 0 Å². The van der Waals surface area contributed by atoms with Crippen LogP contribution in [0.3, 0.4) is 0 Å². The van der Waals surface area contributed by atoms with Gasteiger partial charge in [-0.15, -0.1) is 0 Å². The van der Waals surface area contributed by atoms with Gasteiger partial charge in [0.1, 0.15) is 11.4 Å². The maximum absolute atomic E-state index is 12.9. The van der Waals surface area contributed by atoms with Crippen molar-refractivity contribution < 1.29 is 28.9 Å². The second-order valence-electron chi connectivity index (χ2n) is 5.46. The largest absolute Gasteiger partial charge is 0.479 e. The topological polar surface area (TPSA) is 95.9 Å². The molecule has 6 nitrogen and oxygen atoms in total. The number of rotatable bonds is 4. The lowest BCUT2D eigenvalue weighted by molar-refractivity contribution is -0.148. The van der Waals surface area contributed by atoms with E-state index in [0.29, 0.717) is 0 Å². The third-order valence-corrected chi connectivity index (χ3v) is 2.47. The number of carbonyl (C=O) groups excluding carboxylic acids is 1. The summed E-state index contributed by atoms with van der Waals surface area (Å²) in [5.41, 5.74) is -0.525. The zero-order valence-electron chi connectivity index (χ0n) is 12.0. The number of nitrogens with one attached hydrogen (secondary N) is 1. The molecule has 0 fully saturated rings. The molecule has 0 aliphatic carbocycles. The highest BCUT2D eigenvalue weighted by molar-refractivity contribution is 5.75. The number of aliphatic hydroxyl groups is 1. The molecule has 7 heteroatoms. The van der Waals surface area contributed by atoms with Crippen molar-refractivity contribution in [2.24, 2.45) is 0 Å². The Balaban J connectivity index is 2.95. The number of hydrogen-bond acceptors (Lipinski definition) is 4. The van der Waals surface area contributed by atoms with E-state index in [9.17, 15) is 19.1 Å². The summed E-state index contributed by atoms with van der Waals surface area (Å²) in [5.74, 6) is -2.03. The monoisotopic (exact) mass is 299 g/mol. The third-order valence-electron chi connectivity index (χ3n) is 2.47. The number of ether oxygens (including phenoxy) is 1. The Morgan fingerprint density at radius 1 is 1.24 bits per heavy atom. The summed E-state index contributed by atoms with van der Waals surface area (Å²) < 4.78 is 17.9. The van der Waals surface area contributed by atoms with Crippen molar-refractivity contribution in [3.05, 3.63) is 35.6 Å². The average Bonchev–Trinajstić information content (AvgIpc) is 2.34. The summed E-state index contributed by atoms with van der Waals surface area (Å²) in [6.07, 6.45) is -2.76. The molecule has 0 aliphatic heterocycles. The first-order valence-corrected chi connectivity index (χ1v) is 6.26. The second kappa shape index (κ2) is 6.53. The lowest BCUT2D eigenvalue weighted by Crippen LogP contribution is -2.42. The number of benzene rings is 1. The zero-order valence-corrected chi connectivity index (χ0v) is 12.0. The molecule has 0 spiro atoms. The van der Waals surface area contributed by atoms with Gasteiger partial charge in [0.05, 0.1) is 6.04 Å². The van der Waals surface area contributed by atoms with Crippen LogP contribution in [0.4, 0.5) is 9.18 Å². The van der Waals surface area contributed by atoms with E-state index in [1.165, 1.54) is 12.1 Å². The molecule has 0 saturated heterocycles. The standard InChI is InChI=1S/C14H18FNO5/c1-14(2,3)21-13(20)16-10(11(17)12(18)19)8-4-6-9(15)7-5-8/h4-7,10-11,17H,1-3H3,(H,16,20)(H,18,19). The molecule has 1 aromatic carbocycles. The van der Waals surface area contributed by atoms with E-state index in [2.05, 4.69) is 5.32 Å². The molecule has 1 amide bonds. The first kappa shape index (κ1) is 16.9. The van der Waals surface area contributed by atoms with E-state index in [0.717, 1.165) is 12.1 Å². The number of amides is 1. The fraction of sp³-hybridized carbons (Fsp3) is 0.429. The normalized spacial score (nSPS) is 14.1. The molecule has 0 saturated carbocycles. The Labute approximate surface area is 121 Å². The van der Waals surface area contributed by atoms with Crippen LogP contribution in [0.1, 0.15) is 32.4 Å². The molecular formula is C14H18FNO5. The van der Waals surface area contributed by atoms with E-state index in [1.807, 2.05) is 0 Å². The number of carbonyl (C=O) groups is 2. The molecule has 0 aliphatic rings. The van der Waals surface area contributed by atoms with Gasteiger partial charge < -0.3 is 20.3 Å². The minimum Gasteiger partial charge on any atom is -0.479 e. The molecule has 2 unspecified atom stereocenters. The summed E-state index contributed by atoms with van der Waals surface area (Å²) in [6, 6.07) is 3.52. The highest BCUT2D eigenvalue weighted by Crippen LogP contribution is 2.19. The Bertz CT molecular complexity index is 509. The zero-order chi connectivity index (χ0) is 16.2. The van der Waals surface area contributed by atoms with E-state index >= 15 is 0 Å². The number of aliphatic carboxylic acids is 1. The predicted molar refractivity (Wildman–Crippen MR) is 72.2 cm³/mol. The minimum absolute atomic E-state index is 0.247. The van der Waals surface area contributed by atoms with Crippen LogP contribution in [-0.4, -0.2) is 34.0 Å². The van der Waals surface area contributed by atoms with Crippen molar-refractivity contribution in [2.45, 2.75) is 38.5 Å². The molecule has 0 radical (unpaired) electrons. The van der Waals surface area contributed by atoms with Crippen molar-refractivity contribution in [1.29, 1.82) is 0 Å². The fourth-order valence-electron chi connectivity index (χ4n) is 1.59. The maximum Gasteiger partial charge on any atom is 0.408 e. The van der Waals surface area contributed by atoms with Gasteiger partial charge >= 0.3 is 12.1 Å². The Morgan fingerprint density at radius 3 is 2.19 bits per heavy atom. The Hall–Kier alpha value is -2.15. The maximum atomic E-state index is 12.9. The molecule has 1 aromatic rings. The predicted octanol–water partition coefficient (Wildman–Crippen LogP) is 1.84. The van der Waals surface area contributed by atoms with Crippen LogP contribution in [0, 0.1) is 5.82 Å². The minimum atomic E-state index is -1.89. The summed E-state index contributed by atoms with van der Waals surface area (Å²) in [6.45, 7) is 4.94. The van der Waals surface area contributed by atoms with E-state index in [1.54, 1.807) is 20.8 Å². The molecule has 21 heavy (non-hydrogen) atoms. The third kappa shape index (κ3) is 5.39. The van der Waals surface area contributed by atoms with Gasteiger partial charge in [-0.25, -0.2) is 14.0 Å². The van der Waals surface area contributed by atoms with E-state index < -0.39 is 35.6 Å². The van der Waals surface area contributed by atoms with Crippen LogP contribution in [-0.2, 0) is 9.53 Å². The lowest BCUT2D eigenvalue weighted by Gasteiger charge is -2.25. The van der Waals surface area contributed by atoms with Gasteiger partial charge in [0.25, 0.3) is 0 Å². The molecular weight excluding hydrogens is 281 g/mol. The Morgan fingerprint density at radius 2 is 1.76 bits per heavy atom. The number of aliphatic hydroxyl groups excluding tert-OH is 1. The highest BCUT2D eigenvalue weighted by Gasteiger charge is 2.30. The number of carboxylic acids is 1. The van der Waals surface area contributed by atoms with Gasteiger partial charge in [0.2, 0.25) is 0 Å². The van der Waals surface area contributed by atoms with Gasteiger partial charge in [-0.1, -0.05) is 12.1 Å². The van der Waals surface area contributed by atoms with Crippen LogP contribution in [0.25, 0.3) is 0 Å². The van der Waals surface area contributed by atoms with E-state index in [-0.39, 0.29) is 5.56 Å². The van der Waals surface area contributed by atoms with Gasteiger partial charge in [-0.3, -0.25) is 0 Å². The smallest absolute Gasteiger partial charge is 0.408 e. The quantitative estimate of drug-likeness (QED) is 0.788. The molecule has 2 atom stereocenters. The number of alkyl carbamates (subject to hydrolysis) is 1. The van der Waals surface area contributed by atoms with Crippen LogP contribution in [0.2, 0.25) is 0 Å². The Kier molecular flexibility index (Phi) is 5.26. The summed E-state index contributed by atoms with van der Waals surface area (Å²) >= 11 is 0. The highest BCUT2D eigenvalue weighted by atomic mass is 19.1. The first-order valence-electron chi connectivity index (χ1n) is 6.26. The first-order chi connectivity index (χ1) is 9.60. The number of hydrogen-bond donors (Lipinski definition) is 3. The fourth-order valence-corrected chi connectivity index (χ4v) is 1.59. The summed E-state index contributed by atoms with van der Waals surface area (Å²) in [4.78, 5) is 22.7. The number of halogens is 1. The van der Waals surface area contributed by atoms with Crippen LogP contribution < -0.4 is 5.32 Å². The summed E-state index contributed by atoms with van der Waals surface area (Å²) in [5, 5.41) is 20.9. The lowest BCUT2D eigenvalue weighted by atomic mass is 10.0.